The van der Waals surface area contributed by atoms with E-state index in [0.29, 0.717) is 6.04 Å². The number of nitrogen functional groups attached to an aromatic ring is 1. The second-order valence-electron chi connectivity index (χ2n) is 5.59. The second kappa shape index (κ2) is 8.18. The summed E-state index contributed by atoms with van der Waals surface area (Å²) in [4.78, 5) is 4.80. The van der Waals surface area contributed by atoms with Gasteiger partial charge in [-0.25, -0.2) is 0 Å². The van der Waals surface area contributed by atoms with Crippen LogP contribution in [0.3, 0.4) is 0 Å². The molecular weight excluding hydrogens is 234 g/mol. The van der Waals surface area contributed by atoms with Crippen LogP contribution in [-0.4, -0.2) is 49.6 Å². The molecule has 1 atom stereocenters. The largest absolute Gasteiger partial charge is 0.399 e. The minimum absolute atomic E-state index is 0.612. The van der Waals surface area contributed by atoms with Gasteiger partial charge in [0.15, 0.2) is 0 Å². The van der Waals surface area contributed by atoms with E-state index in [0.717, 1.165) is 31.7 Å². The number of anilines is 1. The van der Waals surface area contributed by atoms with Crippen LogP contribution in [0.5, 0.6) is 0 Å². The molecule has 0 aliphatic rings. The average Bonchev–Trinajstić information content (AvgIpc) is 2.33. The van der Waals surface area contributed by atoms with Gasteiger partial charge in [0, 0.05) is 18.3 Å². The monoisotopic (exact) mass is 263 g/mol. The normalized spacial score (nSPS) is 13.2. The molecule has 0 heterocycles. The Morgan fingerprint density at radius 3 is 2.58 bits per heavy atom. The van der Waals surface area contributed by atoms with Gasteiger partial charge in [0.05, 0.1) is 0 Å². The van der Waals surface area contributed by atoms with Crippen LogP contribution in [0.2, 0.25) is 0 Å². The Morgan fingerprint density at radius 2 is 2.00 bits per heavy atom. The zero-order valence-corrected chi connectivity index (χ0v) is 12.9. The lowest BCUT2D eigenvalue weighted by atomic mass is 10.1. The average molecular weight is 263 g/mol. The van der Waals surface area contributed by atoms with Gasteiger partial charge in [-0.05, 0) is 64.6 Å². The summed E-state index contributed by atoms with van der Waals surface area (Å²) in [6.07, 6.45) is 2.30. The summed E-state index contributed by atoms with van der Waals surface area (Å²) in [6, 6.07) is 8.84. The van der Waals surface area contributed by atoms with Crippen LogP contribution in [0.1, 0.15) is 25.8 Å². The number of likely N-dealkylation sites (N-methyl/N-ethyl adjacent to an activating group) is 2. The molecule has 0 aromatic heterocycles. The van der Waals surface area contributed by atoms with Gasteiger partial charge in [-0.1, -0.05) is 19.1 Å². The summed E-state index contributed by atoms with van der Waals surface area (Å²) in [5.41, 5.74) is 8.01. The third-order valence-electron chi connectivity index (χ3n) is 3.52. The van der Waals surface area contributed by atoms with Crippen molar-refractivity contribution in [2.24, 2.45) is 0 Å². The lowest BCUT2D eigenvalue weighted by molar-refractivity contribution is 0.180. The van der Waals surface area contributed by atoms with E-state index >= 15 is 0 Å². The summed E-state index contributed by atoms with van der Waals surface area (Å²) < 4.78 is 0. The Kier molecular flexibility index (Phi) is 6.89. The van der Waals surface area contributed by atoms with E-state index in [1.54, 1.807) is 0 Å². The first-order valence-corrected chi connectivity index (χ1v) is 7.26. The minimum Gasteiger partial charge on any atom is -0.399 e. The predicted octanol–water partition coefficient (Wildman–Crippen LogP) is 2.47. The van der Waals surface area contributed by atoms with Crippen molar-refractivity contribution in [3.05, 3.63) is 29.8 Å². The molecular formula is C16H29N3. The van der Waals surface area contributed by atoms with Gasteiger partial charge in [0.1, 0.15) is 0 Å². The Labute approximate surface area is 118 Å². The number of benzene rings is 1. The third kappa shape index (κ3) is 6.08. The van der Waals surface area contributed by atoms with Gasteiger partial charge < -0.3 is 10.6 Å². The number of hydrogen-bond donors (Lipinski definition) is 1. The van der Waals surface area contributed by atoms with E-state index < -0.39 is 0 Å². The van der Waals surface area contributed by atoms with Gasteiger partial charge in [0.25, 0.3) is 0 Å². The van der Waals surface area contributed by atoms with Crippen molar-refractivity contribution < 1.29 is 0 Å². The van der Waals surface area contributed by atoms with Gasteiger partial charge in [-0.2, -0.15) is 0 Å². The van der Waals surface area contributed by atoms with Gasteiger partial charge in [0.2, 0.25) is 0 Å². The van der Waals surface area contributed by atoms with E-state index in [1.807, 2.05) is 12.1 Å². The highest BCUT2D eigenvalue weighted by Gasteiger charge is 2.12. The van der Waals surface area contributed by atoms with E-state index in [1.165, 1.54) is 12.0 Å². The quantitative estimate of drug-likeness (QED) is 0.731. The van der Waals surface area contributed by atoms with Crippen molar-refractivity contribution in [3.63, 3.8) is 0 Å². The zero-order chi connectivity index (χ0) is 14.3. The maximum absolute atomic E-state index is 5.80. The number of nitrogens with zero attached hydrogens (tertiary/aromatic N) is 2. The Balaban J connectivity index is 2.37. The highest BCUT2D eigenvalue weighted by Crippen LogP contribution is 2.10. The first-order chi connectivity index (χ1) is 9.02. The third-order valence-corrected chi connectivity index (χ3v) is 3.52. The molecule has 108 valence electrons. The molecule has 1 aromatic carbocycles. The molecule has 19 heavy (non-hydrogen) atoms. The summed E-state index contributed by atoms with van der Waals surface area (Å²) in [5, 5.41) is 0. The molecule has 3 heteroatoms. The molecule has 3 nitrogen and oxygen atoms in total. The van der Waals surface area contributed by atoms with E-state index in [4.69, 9.17) is 5.73 Å². The maximum Gasteiger partial charge on any atom is 0.0316 e. The molecule has 0 bridgehead atoms. The van der Waals surface area contributed by atoms with Crippen LogP contribution in [-0.2, 0) is 6.42 Å². The number of rotatable bonds is 8. The van der Waals surface area contributed by atoms with Crippen molar-refractivity contribution >= 4 is 5.69 Å². The fraction of sp³-hybridized carbons (Fsp3) is 0.625. The standard InChI is InChI=1S/C16H29N3/c1-5-19(14(2)13-18(3)4)11-7-9-15-8-6-10-16(17)12-15/h6,8,10,12,14H,5,7,9,11,13,17H2,1-4H3. The molecule has 0 saturated carbocycles. The summed E-state index contributed by atoms with van der Waals surface area (Å²) in [5.74, 6) is 0. The predicted molar refractivity (Wildman–Crippen MR) is 84.4 cm³/mol. The zero-order valence-electron chi connectivity index (χ0n) is 12.9. The highest BCUT2D eigenvalue weighted by molar-refractivity contribution is 5.40. The van der Waals surface area contributed by atoms with Crippen molar-refractivity contribution in [3.8, 4) is 0 Å². The number of nitrogens with two attached hydrogens (primary N) is 1. The Hall–Kier alpha value is -1.06. The Bertz CT molecular complexity index is 363. The molecule has 1 unspecified atom stereocenters. The van der Waals surface area contributed by atoms with Crippen LogP contribution < -0.4 is 5.73 Å². The lowest BCUT2D eigenvalue weighted by Gasteiger charge is -2.29. The molecule has 0 spiro atoms. The second-order valence-corrected chi connectivity index (χ2v) is 5.59. The first kappa shape index (κ1) is 16.0. The van der Waals surface area contributed by atoms with E-state index in [-0.39, 0.29) is 0 Å². The van der Waals surface area contributed by atoms with Crippen molar-refractivity contribution in [1.82, 2.24) is 9.80 Å². The molecule has 2 N–H and O–H groups in total. The molecule has 0 radical (unpaired) electrons. The summed E-state index contributed by atoms with van der Waals surface area (Å²) in [7, 11) is 4.27. The maximum atomic E-state index is 5.80. The van der Waals surface area contributed by atoms with Crippen LogP contribution in [0.15, 0.2) is 24.3 Å². The number of hydrogen-bond acceptors (Lipinski definition) is 3. The van der Waals surface area contributed by atoms with Gasteiger partial charge >= 0.3 is 0 Å². The van der Waals surface area contributed by atoms with Crippen LogP contribution >= 0.6 is 0 Å². The van der Waals surface area contributed by atoms with Crippen LogP contribution in [0.4, 0.5) is 5.69 Å². The minimum atomic E-state index is 0.612. The van der Waals surface area contributed by atoms with Crippen molar-refractivity contribution in [2.45, 2.75) is 32.7 Å². The first-order valence-electron chi connectivity index (χ1n) is 7.26. The fourth-order valence-corrected chi connectivity index (χ4v) is 2.57. The SMILES string of the molecule is CCN(CCCc1cccc(N)c1)C(C)CN(C)C. The van der Waals surface area contributed by atoms with Crippen molar-refractivity contribution in [1.29, 1.82) is 0 Å². The molecule has 0 amide bonds. The summed E-state index contributed by atoms with van der Waals surface area (Å²) >= 11 is 0. The molecule has 0 aliphatic carbocycles. The van der Waals surface area contributed by atoms with Gasteiger partial charge in [-0.15, -0.1) is 0 Å². The highest BCUT2D eigenvalue weighted by atomic mass is 15.2. The van der Waals surface area contributed by atoms with Crippen molar-refractivity contribution in [2.75, 3.05) is 39.5 Å². The molecule has 1 aromatic rings. The molecule has 0 fully saturated rings. The molecule has 0 saturated heterocycles. The van der Waals surface area contributed by atoms with E-state index in [9.17, 15) is 0 Å². The summed E-state index contributed by atoms with van der Waals surface area (Å²) in [6.45, 7) is 7.94. The topological polar surface area (TPSA) is 32.5 Å². The lowest BCUT2D eigenvalue weighted by Crippen LogP contribution is -2.40. The van der Waals surface area contributed by atoms with Crippen LogP contribution in [0, 0.1) is 0 Å². The van der Waals surface area contributed by atoms with E-state index in [2.05, 4.69) is 49.9 Å². The molecule has 0 aliphatic heterocycles. The van der Waals surface area contributed by atoms with Gasteiger partial charge in [-0.3, -0.25) is 4.90 Å². The Morgan fingerprint density at radius 1 is 1.26 bits per heavy atom. The fourth-order valence-electron chi connectivity index (χ4n) is 2.57. The smallest absolute Gasteiger partial charge is 0.0316 e. The molecule has 1 rings (SSSR count). The number of aryl methyl sites for hydroxylation is 1. The van der Waals surface area contributed by atoms with Crippen LogP contribution in [0.25, 0.3) is 0 Å².